The van der Waals surface area contributed by atoms with Gasteiger partial charge in [0, 0.05) is 6.07 Å². The van der Waals surface area contributed by atoms with E-state index in [1.165, 1.54) is 26.4 Å². The highest BCUT2D eigenvalue weighted by molar-refractivity contribution is 7.96. The van der Waals surface area contributed by atoms with Crippen molar-refractivity contribution in [2.45, 2.75) is 16.6 Å². The van der Waals surface area contributed by atoms with Crippen molar-refractivity contribution in [1.82, 2.24) is 0 Å². The first kappa shape index (κ1) is 22.0. The summed E-state index contributed by atoms with van der Waals surface area (Å²) in [5.74, 6) is -1.76. The Morgan fingerprint density at radius 3 is 2.47 bits per heavy atom. The third-order valence-corrected chi connectivity index (χ3v) is 8.97. The molecule has 1 unspecified atom stereocenters. The summed E-state index contributed by atoms with van der Waals surface area (Å²) in [4.78, 5) is 12.3. The van der Waals surface area contributed by atoms with Crippen LogP contribution in [0.5, 0.6) is 11.5 Å². The molecule has 2 aromatic carbocycles. The van der Waals surface area contributed by atoms with Gasteiger partial charge in [0.2, 0.25) is 0 Å². The van der Waals surface area contributed by atoms with E-state index >= 15 is 0 Å². The molecular formula is C19H20FNO7S2. The number of methoxy groups -OCH3 is 2. The number of hydrogen-bond acceptors (Lipinski definition) is 7. The number of ether oxygens (including phenoxy) is 2. The summed E-state index contributed by atoms with van der Waals surface area (Å²) in [7, 11) is -4.63. The third-order valence-electron chi connectivity index (χ3n) is 4.80. The number of halogens is 1. The number of carbonyl (C=O) groups is 1. The van der Waals surface area contributed by atoms with Crippen LogP contribution < -0.4 is 14.8 Å². The molecule has 0 radical (unpaired) electrons. The summed E-state index contributed by atoms with van der Waals surface area (Å²) in [6.45, 7) is 0. The molecule has 0 aliphatic carbocycles. The lowest BCUT2D eigenvalue weighted by Crippen LogP contribution is -2.23. The molecule has 0 aromatic heterocycles. The average Bonchev–Trinajstić information content (AvgIpc) is 3.08. The zero-order chi connectivity index (χ0) is 22.1. The highest BCUT2D eigenvalue weighted by Crippen LogP contribution is 2.30. The standard InChI is InChI=1S/C19H20FNO7S2/c1-27-12-3-6-17(18(9-12)28-2)21-19(22)15-10-13(4-5-16(15)20)30(25,26)14-7-8-29(23,24)11-14/h3-6,9-10,14H,7-8,11H2,1-2H3,(H,21,22). The Balaban J connectivity index is 1.91. The van der Waals surface area contributed by atoms with Crippen LogP contribution in [0.25, 0.3) is 0 Å². The smallest absolute Gasteiger partial charge is 0.258 e. The fraction of sp³-hybridized carbons (Fsp3) is 0.316. The molecule has 2 aromatic rings. The molecule has 0 saturated carbocycles. The zero-order valence-corrected chi connectivity index (χ0v) is 17.8. The number of amides is 1. The first-order valence-corrected chi connectivity index (χ1v) is 12.2. The lowest BCUT2D eigenvalue weighted by Gasteiger charge is -2.14. The van der Waals surface area contributed by atoms with Crippen molar-refractivity contribution in [2.24, 2.45) is 0 Å². The Bertz CT molecular complexity index is 1190. The number of anilines is 1. The number of benzene rings is 2. The molecule has 1 aliphatic heterocycles. The topological polar surface area (TPSA) is 116 Å². The van der Waals surface area contributed by atoms with Crippen LogP contribution in [0.3, 0.4) is 0 Å². The van der Waals surface area contributed by atoms with Crippen molar-refractivity contribution < 1.29 is 35.5 Å². The van der Waals surface area contributed by atoms with E-state index in [0.717, 1.165) is 18.2 Å². The van der Waals surface area contributed by atoms with Gasteiger partial charge >= 0.3 is 0 Å². The lowest BCUT2D eigenvalue weighted by molar-refractivity contribution is 0.102. The molecule has 1 fully saturated rings. The molecule has 0 spiro atoms. The minimum Gasteiger partial charge on any atom is -0.497 e. The van der Waals surface area contributed by atoms with E-state index in [9.17, 15) is 26.0 Å². The summed E-state index contributed by atoms with van der Waals surface area (Å²) in [5.41, 5.74) is -0.257. The maximum atomic E-state index is 14.3. The van der Waals surface area contributed by atoms with Crippen LogP contribution in [0.4, 0.5) is 10.1 Å². The van der Waals surface area contributed by atoms with Gasteiger partial charge in [0.05, 0.1) is 47.1 Å². The van der Waals surface area contributed by atoms with Crippen molar-refractivity contribution >= 4 is 31.3 Å². The van der Waals surface area contributed by atoms with Gasteiger partial charge in [-0.3, -0.25) is 4.79 Å². The average molecular weight is 458 g/mol. The van der Waals surface area contributed by atoms with Crippen LogP contribution in [-0.2, 0) is 19.7 Å². The van der Waals surface area contributed by atoms with E-state index in [1.807, 2.05) is 0 Å². The van der Waals surface area contributed by atoms with Crippen LogP contribution >= 0.6 is 0 Å². The monoisotopic (exact) mass is 457 g/mol. The molecule has 1 amide bonds. The quantitative estimate of drug-likeness (QED) is 0.660. The van der Waals surface area contributed by atoms with Crippen LogP contribution in [0, 0.1) is 5.82 Å². The highest BCUT2D eigenvalue weighted by Gasteiger charge is 2.38. The molecule has 1 atom stereocenters. The fourth-order valence-corrected chi connectivity index (χ4v) is 7.53. The maximum Gasteiger partial charge on any atom is 0.258 e. The first-order valence-electron chi connectivity index (χ1n) is 8.84. The molecule has 3 rings (SSSR count). The van der Waals surface area contributed by atoms with Gasteiger partial charge in [-0.2, -0.15) is 0 Å². The largest absolute Gasteiger partial charge is 0.497 e. The minimum atomic E-state index is -4.04. The second kappa shape index (κ2) is 8.23. The maximum absolute atomic E-state index is 14.3. The number of hydrogen-bond donors (Lipinski definition) is 1. The first-order chi connectivity index (χ1) is 14.1. The predicted molar refractivity (Wildman–Crippen MR) is 108 cm³/mol. The van der Waals surface area contributed by atoms with E-state index in [4.69, 9.17) is 9.47 Å². The Morgan fingerprint density at radius 2 is 1.87 bits per heavy atom. The molecule has 11 heteroatoms. The third kappa shape index (κ3) is 4.41. The number of sulfone groups is 2. The summed E-state index contributed by atoms with van der Waals surface area (Å²) < 4.78 is 73.4. The number of rotatable bonds is 6. The van der Waals surface area contributed by atoms with Crippen molar-refractivity contribution in [3.05, 3.63) is 47.8 Å². The summed E-state index contributed by atoms with van der Waals surface area (Å²) in [6.07, 6.45) is -0.0351. The minimum absolute atomic E-state index is 0.0351. The lowest BCUT2D eigenvalue weighted by atomic mass is 10.2. The Labute approximate surface area is 173 Å². The molecule has 1 N–H and O–H groups in total. The number of nitrogens with one attached hydrogen (secondary N) is 1. The Morgan fingerprint density at radius 1 is 1.13 bits per heavy atom. The van der Waals surface area contributed by atoms with Crippen molar-refractivity contribution in [3.63, 3.8) is 0 Å². The van der Waals surface area contributed by atoms with Gasteiger partial charge in [-0.25, -0.2) is 21.2 Å². The molecule has 1 saturated heterocycles. The van der Waals surface area contributed by atoms with Crippen LogP contribution in [0.2, 0.25) is 0 Å². The van der Waals surface area contributed by atoms with E-state index < -0.39 is 48.0 Å². The molecule has 30 heavy (non-hydrogen) atoms. The van der Waals surface area contributed by atoms with Crippen LogP contribution in [0.1, 0.15) is 16.8 Å². The Hall–Kier alpha value is -2.66. The molecule has 8 nitrogen and oxygen atoms in total. The van der Waals surface area contributed by atoms with E-state index in [2.05, 4.69) is 5.32 Å². The second-order valence-corrected chi connectivity index (χ2v) is 11.2. The summed E-state index contributed by atoms with van der Waals surface area (Å²) in [5, 5.41) is 1.36. The van der Waals surface area contributed by atoms with Gasteiger partial charge in [-0.15, -0.1) is 0 Å². The number of carbonyl (C=O) groups excluding carboxylic acids is 1. The molecular weight excluding hydrogens is 437 g/mol. The van der Waals surface area contributed by atoms with Gasteiger partial charge in [-0.05, 0) is 36.8 Å². The summed E-state index contributed by atoms with van der Waals surface area (Å²) >= 11 is 0. The molecule has 0 bridgehead atoms. The van der Waals surface area contributed by atoms with E-state index in [0.29, 0.717) is 5.75 Å². The zero-order valence-electron chi connectivity index (χ0n) is 16.2. The SMILES string of the molecule is COc1ccc(NC(=O)c2cc(S(=O)(=O)C3CCS(=O)(=O)C3)ccc2F)c(OC)c1. The van der Waals surface area contributed by atoms with Gasteiger partial charge in [-0.1, -0.05) is 0 Å². The van der Waals surface area contributed by atoms with Crippen molar-refractivity contribution in [2.75, 3.05) is 31.0 Å². The summed E-state index contributed by atoms with van der Waals surface area (Å²) in [6, 6.07) is 7.40. The molecule has 1 aliphatic rings. The van der Waals surface area contributed by atoms with Gasteiger partial charge in [0.25, 0.3) is 5.91 Å². The van der Waals surface area contributed by atoms with Gasteiger partial charge in [0.1, 0.15) is 17.3 Å². The van der Waals surface area contributed by atoms with Crippen molar-refractivity contribution in [3.8, 4) is 11.5 Å². The predicted octanol–water partition coefficient (Wildman–Crippen LogP) is 2.06. The van der Waals surface area contributed by atoms with Gasteiger partial charge < -0.3 is 14.8 Å². The van der Waals surface area contributed by atoms with Crippen LogP contribution in [0.15, 0.2) is 41.3 Å². The molecule has 1 heterocycles. The van der Waals surface area contributed by atoms with Crippen molar-refractivity contribution in [1.29, 1.82) is 0 Å². The Kier molecular flexibility index (Phi) is 6.04. The highest BCUT2D eigenvalue weighted by atomic mass is 32.2. The second-order valence-electron chi connectivity index (χ2n) is 6.73. The molecule has 162 valence electrons. The van der Waals surface area contributed by atoms with E-state index in [1.54, 1.807) is 6.07 Å². The van der Waals surface area contributed by atoms with Gasteiger partial charge in [0.15, 0.2) is 19.7 Å². The van der Waals surface area contributed by atoms with E-state index in [-0.39, 0.29) is 28.5 Å². The fourth-order valence-electron chi connectivity index (χ4n) is 3.14. The normalized spacial score (nSPS) is 18.0. The van der Waals surface area contributed by atoms with Crippen LogP contribution in [-0.4, -0.2) is 53.7 Å².